The number of nitrogens with one attached hydrogen (secondary N) is 1. The van der Waals surface area contributed by atoms with Gasteiger partial charge in [0.05, 0.1) is 0 Å². The predicted molar refractivity (Wildman–Crippen MR) is 99.3 cm³/mol. The summed E-state index contributed by atoms with van der Waals surface area (Å²) in [6.45, 7) is 8.01. The average molecular weight is 351 g/mol. The number of anilines is 1. The van der Waals surface area contributed by atoms with E-state index < -0.39 is 0 Å². The SMILES string of the molecule is CCCCCCCCC(=O)N(CC(=O)Nc1cc(C)on1)C(C)CC. The van der Waals surface area contributed by atoms with Gasteiger partial charge in [-0.1, -0.05) is 51.1 Å². The summed E-state index contributed by atoms with van der Waals surface area (Å²) in [5.41, 5.74) is 0. The van der Waals surface area contributed by atoms with Crippen molar-refractivity contribution in [2.24, 2.45) is 0 Å². The van der Waals surface area contributed by atoms with Crippen LogP contribution in [0.15, 0.2) is 10.6 Å². The number of amides is 2. The minimum absolute atomic E-state index is 0.0392. The second kappa shape index (κ2) is 11.7. The van der Waals surface area contributed by atoms with E-state index in [2.05, 4.69) is 17.4 Å². The number of aromatic nitrogens is 1. The third-order valence-corrected chi connectivity index (χ3v) is 4.40. The van der Waals surface area contributed by atoms with Crippen molar-refractivity contribution in [3.8, 4) is 0 Å². The molecule has 0 saturated heterocycles. The molecule has 0 aliphatic heterocycles. The third kappa shape index (κ3) is 8.18. The van der Waals surface area contributed by atoms with Crippen LogP contribution in [-0.2, 0) is 9.59 Å². The topological polar surface area (TPSA) is 75.4 Å². The van der Waals surface area contributed by atoms with E-state index in [0.717, 1.165) is 19.3 Å². The van der Waals surface area contributed by atoms with Crippen molar-refractivity contribution in [2.45, 2.75) is 85.1 Å². The van der Waals surface area contributed by atoms with Gasteiger partial charge in [0.25, 0.3) is 0 Å². The summed E-state index contributed by atoms with van der Waals surface area (Å²) in [5.74, 6) is 0.824. The molecule has 1 atom stereocenters. The van der Waals surface area contributed by atoms with Crippen LogP contribution < -0.4 is 5.32 Å². The maximum atomic E-state index is 12.5. The van der Waals surface area contributed by atoms with Gasteiger partial charge in [0, 0.05) is 18.5 Å². The molecular weight excluding hydrogens is 318 g/mol. The van der Waals surface area contributed by atoms with Crippen LogP contribution >= 0.6 is 0 Å². The Bertz CT molecular complexity index is 528. The van der Waals surface area contributed by atoms with E-state index in [-0.39, 0.29) is 24.4 Å². The summed E-state index contributed by atoms with van der Waals surface area (Å²) >= 11 is 0. The number of nitrogens with zero attached hydrogens (tertiary/aromatic N) is 2. The van der Waals surface area contributed by atoms with Gasteiger partial charge < -0.3 is 14.7 Å². The minimum atomic E-state index is -0.245. The maximum absolute atomic E-state index is 12.5. The van der Waals surface area contributed by atoms with E-state index in [9.17, 15) is 9.59 Å². The molecule has 0 bridgehead atoms. The van der Waals surface area contributed by atoms with Gasteiger partial charge in [0.1, 0.15) is 12.3 Å². The highest BCUT2D eigenvalue weighted by molar-refractivity contribution is 5.93. The third-order valence-electron chi connectivity index (χ3n) is 4.40. The fourth-order valence-electron chi connectivity index (χ4n) is 2.67. The Kier molecular flexibility index (Phi) is 9.88. The lowest BCUT2D eigenvalue weighted by atomic mass is 10.1. The molecule has 0 aliphatic rings. The Hall–Kier alpha value is -1.85. The van der Waals surface area contributed by atoms with Crippen molar-refractivity contribution < 1.29 is 14.1 Å². The molecule has 1 unspecified atom stereocenters. The van der Waals surface area contributed by atoms with Gasteiger partial charge in [0.2, 0.25) is 11.8 Å². The van der Waals surface area contributed by atoms with E-state index in [1.54, 1.807) is 17.9 Å². The number of unbranched alkanes of at least 4 members (excludes halogenated alkanes) is 5. The molecule has 6 heteroatoms. The molecule has 1 heterocycles. The Balaban J connectivity index is 2.46. The number of rotatable bonds is 12. The highest BCUT2D eigenvalue weighted by Gasteiger charge is 2.21. The lowest BCUT2D eigenvalue weighted by Gasteiger charge is -2.28. The van der Waals surface area contributed by atoms with Crippen molar-refractivity contribution in [2.75, 3.05) is 11.9 Å². The minimum Gasteiger partial charge on any atom is -0.360 e. The molecule has 0 radical (unpaired) electrons. The zero-order valence-corrected chi connectivity index (χ0v) is 16.1. The number of carbonyl (C=O) groups excluding carboxylic acids is 2. The van der Waals surface area contributed by atoms with E-state index in [1.807, 2.05) is 13.8 Å². The molecule has 1 N–H and O–H groups in total. The van der Waals surface area contributed by atoms with Gasteiger partial charge in [-0.05, 0) is 26.7 Å². The fourth-order valence-corrected chi connectivity index (χ4v) is 2.67. The molecular formula is C19H33N3O3. The van der Waals surface area contributed by atoms with Crippen LogP contribution in [0.25, 0.3) is 0 Å². The molecule has 0 saturated carbocycles. The van der Waals surface area contributed by atoms with Crippen LogP contribution in [-0.4, -0.2) is 34.5 Å². The highest BCUT2D eigenvalue weighted by Crippen LogP contribution is 2.12. The Morgan fingerprint density at radius 1 is 1.20 bits per heavy atom. The first kappa shape index (κ1) is 21.2. The molecule has 2 amide bonds. The smallest absolute Gasteiger partial charge is 0.245 e. The van der Waals surface area contributed by atoms with Gasteiger partial charge in [-0.2, -0.15) is 0 Å². The molecule has 1 aromatic heterocycles. The van der Waals surface area contributed by atoms with E-state index in [4.69, 9.17) is 4.52 Å². The number of hydrogen-bond acceptors (Lipinski definition) is 4. The summed E-state index contributed by atoms with van der Waals surface area (Å²) in [5, 5.41) is 6.43. The van der Waals surface area contributed by atoms with Crippen LogP contribution in [0.5, 0.6) is 0 Å². The molecule has 0 spiro atoms. The first-order valence-electron chi connectivity index (χ1n) is 9.50. The zero-order chi connectivity index (χ0) is 18.7. The van der Waals surface area contributed by atoms with Crippen molar-refractivity contribution in [3.05, 3.63) is 11.8 Å². The van der Waals surface area contributed by atoms with Gasteiger partial charge in [-0.3, -0.25) is 9.59 Å². The monoisotopic (exact) mass is 351 g/mol. The lowest BCUT2D eigenvalue weighted by Crippen LogP contribution is -2.43. The van der Waals surface area contributed by atoms with E-state index in [0.29, 0.717) is 18.0 Å². The molecule has 6 nitrogen and oxygen atoms in total. The Morgan fingerprint density at radius 3 is 2.48 bits per heavy atom. The van der Waals surface area contributed by atoms with Gasteiger partial charge >= 0.3 is 0 Å². The highest BCUT2D eigenvalue weighted by atomic mass is 16.5. The molecule has 0 aliphatic carbocycles. The largest absolute Gasteiger partial charge is 0.360 e. The van der Waals surface area contributed by atoms with Gasteiger partial charge in [-0.25, -0.2) is 0 Å². The van der Waals surface area contributed by atoms with Crippen LogP contribution in [0.2, 0.25) is 0 Å². The van der Waals surface area contributed by atoms with Crippen molar-refractivity contribution in [1.29, 1.82) is 0 Å². The van der Waals surface area contributed by atoms with E-state index >= 15 is 0 Å². The molecule has 1 aromatic rings. The standard InChI is InChI=1S/C19H33N3O3/c1-5-7-8-9-10-11-12-19(24)22(15(3)6-2)14-18(23)20-17-13-16(4)25-21-17/h13,15H,5-12,14H2,1-4H3,(H,20,21,23). The summed E-state index contributed by atoms with van der Waals surface area (Å²) in [6, 6.07) is 1.70. The van der Waals surface area contributed by atoms with Gasteiger partial charge in [-0.15, -0.1) is 0 Å². The summed E-state index contributed by atoms with van der Waals surface area (Å²) in [4.78, 5) is 26.4. The first-order valence-corrected chi connectivity index (χ1v) is 9.50. The second-order valence-electron chi connectivity index (χ2n) is 6.67. The van der Waals surface area contributed by atoms with Crippen molar-refractivity contribution in [3.63, 3.8) is 0 Å². The maximum Gasteiger partial charge on any atom is 0.245 e. The second-order valence-corrected chi connectivity index (χ2v) is 6.67. The predicted octanol–water partition coefficient (Wildman–Crippen LogP) is 4.30. The number of carbonyl (C=O) groups is 2. The zero-order valence-electron chi connectivity index (χ0n) is 16.1. The average Bonchev–Trinajstić information content (AvgIpc) is 2.99. The number of aryl methyl sites for hydroxylation is 1. The fraction of sp³-hybridized carbons (Fsp3) is 0.737. The summed E-state index contributed by atoms with van der Waals surface area (Å²) < 4.78 is 4.93. The molecule has 0 fully saturated rings. The first-order chi connectivity index (χ1) is 12.0. The number of hydrogen-bond donors (Lipinski definition) is 1. The quantitative estimate of drug-likeness (QED) is 0.570. The van der Waals surface area contributed by atoms with E-state index in [1.165, 1.54) is 25.7 Å². The normalized spacial score (nSPS) is 12.0. The van der Waals surface area contributed by atoms with Crippen LogP contribution in [0.1, 0.15) is 77.9 Å². The Labute approximate surface area is 151 Å². The van der Waals surface area contributed by atoms with Crippen molar-refractivity contribution in [1.82, 2.24) is 10.1 Å². The molecule has 142 valence electrons. The lowest BCUT2D eigenvalue weighted by molar-refractivity contribution is -0.136. The van der Waals surface area contributed by atoms with Crippen LogP contribution in [0.4, 0.5) is 5.82 Å². The molecule has 0 aromatic carbocycles. The van der Waals surface area contributed by atoms with Crippen molar-refractivity contribution >= 4 is 17.6 Å². The molecule has 25 heavy (non-hydrogen) atoms. The summed E-state index contributed by atoms with van der Waals surface area (Å²) in [6.07, 6.45) is 8.18. The summed E-state index contributed by atoms with van der Waals surface area (Å²) in [7, 11) is 0. The van der Waals surface area contributed by atoms with Crippen LogP contribution in [0, 0.1) is 6.92 Å². The van der Waals surface area contributed by atoms with Gasteiger partial charge in [0.15, 0.2) is 5.82 Å². The van der Waals surface area contributed by atoms with Crippen LogP contribution in [0.3, 0.4) is 0 Å². The molecule has 1 rings (SSSR count). The Morgan fingerprint density at radius 2 is 1.88 bits per heavy atom.